The average molecular weight is 433 g/mol. The fraction of sp³-hybridized carbons (Fsp3) is 0.211. The molecule has 0 bridgehead atoms. The van der Waals surface area contributed by atoms with Gasteiger partial charge in [0.15, 0.2) is 0 Å². The number of carbonyl (C=O) groups is 1. The highest BCUT2D eigenvalue weighted by Gasteiger charge is 2.21. The molecule has 1 aromatic heterocycles. The van der Waals surface area contributed by atoms with Gasteiger partial charge in [0.25, 0.3) is 15.9 Å². The third-order valence-electron chi connectivity index (χ3n) is 3.84. The molecule has 0 aliphatic heterocycles. The van der Waals surface area contributed by atoms with Crippen molar-refractivity contribution >= 4 is 32.4 Å². The number of benzene rings is 2. The summed E-state index contributed by atoms with van der Waals surface area (Å²) >= 11 is 0.787. The number of hydrogen-bond acceptors (Lipinski definition) is 7. The van der Waals surface area contributed by atoms with Gasteiger partial charge in [-0.25, -0.2) is 13.1 Å². The number of aryl methyl sites for hydroxylation is 1. The van der Waals surface area contributed by atoms with E-state index in [2.05, 4.69) is 20.2 Å². The number of sulfonamides is 1. The van der Waals surface area contributed by atoms with E-state index in [1.165, 1.54) is 0 Å². The number of nitrogens with one attached hydrogen (secondary N) is 2. The van der Waals surface area contributed by atoms with Gasteiger partial charge in [-0.1, -0.05) is 41.2 Å². The van der Waals surface area contributed by atoms with Gasteiger partial charge in [0.05, 0.1) is 6.61 Å². The minimum Gasteiger partial charge on any atom is -0.494 e. The largest absolute Gasteiger partial charge is 0.494 e. The molecule has 3 aromatic rings. The van der Waals surface area contributed by atoms with Crippen LogP contribution in [0.2, 0.25) is 0 Å². The second-order valence-corrected chi connectivity index (χ2v) is 9.02. The molecule has 2 aromatic carbocycles. The van der Waals surface area contributed by atoms with Crippen molar-refractivity contribution in [2.24, 2.45) is 0 Å². The summed E-state index contributed by atoms with van der Waals surface area (Å²) in [6.45, 7) is 4.43. The monoisotopic (exact) mass is 432 g/mol. The highest BCUT2D eigenvalue weighted by molar-refractivity contribution is 7.91. The number of nitrogens with zero attached hydrogens (tertiary/aromatic N) is 2. The summed E-state index contributed by atoms with van der Waals surface area (Å²) in [6, 6.07) is 14.1. The standard InChI is InChI=1S/C19H20N4O4S2/c1-3-27-16-9-7-14(8-10-16)12-20-29(25,26)19-23-22-18(28-19)21-17(24)15-6-4-5-13(2)11-15/h4-11,20H,3,12H2,1-2H3,(H,21,22,24). The Hall–Kier alpha value is -2.82. The number of ether oxygens (including phenoxy) is 1. The highest BCUT2D eigenvalue weighted by atomic mass is 32.2. The lowest BCUT2D eigenvalue weighted by Gasteiger charge is -2.06. The molecule has 10 heteroatoms. The van der Waals surface area contributed by atoms with Crippen LogP contribution >= 0.6 is 11.3 Å². The van der Waals surface area contributed by atoms with E-state index in [4.69, 9.17) is 4.74 Å². The van der Waals surface area contributed by atoms with Crippen LogP contribution in [-0.4, -0.2) is 31.1 Å². The maximum Gasteiger partial charge on any atom is 0.270 e. The second kappa shape index (κ2) is 9.12. The minimum atomic E-state index is -3.85. The lowest BCUT2D eigenvalue weighted by Crippen LogP contribution is -2.23. The summed E-state index contributed by atoms with van der Waals surface area (Å²) in [4.78, 5) is 12.3. The van der Waals surface area contributed by atoms with E-state index in [0.717, 1.165) is 28.2 Å². The van der Waals surface area contributed by atoms with E-state index in [0.29, 0.717) is 12.2 Å². The van der Waals surface area contributed by atoms with Crippen LogP contribution in [0.25, 0.3) is 0 Å². The van der Waals surface area contributed by atoms with Crippen molar-refractivity contribution in [1.29, 1.82) is 0 Å². The van der Waals surface area contributed by atoms with Gasteiger partial charge < -0.3 is 4.74 Å². The Morgan fingerprint density at radius 3 is 2.59 bits per heavy atom. The van der Waals surface area contributed by atoms with E-state index in [1.807, 2.05) is 19.9 Å². The first-order valence-electron chi connectivity index (χ1n) is 8.80. The fourth-order valence-corrected chi connectivity index (χ4v) is 4.39. The van der Waals surface area contributed by atoms with Crippen LogP contribution < -0.4 is 14.8 Å². The smallest absolute Gasteiger partial charge is 0.270 e. The van der Waals surface area contributed by atoms with Crippen molar-refractivity contribution in [2.75, 3.05) is 11.9 Å². The van der Waals surface area contributed by atoms with Crippen molar-refractivity contribution in [1.82, 2.24) is 14.9 Å². The molecule has 0 atom stereocenters. The van der Waals surface area contributed by atoms with Crippen LogP contribution in [0.3, 0.4) is 0 Å². The molecule has 1 heterocycles. The maximum atomic E-state index is 12.4. The first-order valence-corrected chi connectivity index (χ1v) is 11.1. The third kappa shape index (κ3) is 5.59. The van der Waals surface area contributed by atoms with Crippen molar-refractivity contribution in [3.63, 3.8) is 0 Å². The van der Waals surface area contributed by atoms with Crippen LogP contribution in [-0.2, 0) is 16.6 Å². The average Bonchev–Trinajstić information content (AvgIpc) is 3.17. The van der Waals surface area contributed by atoms with Gasteiger partial charge in [0.2, 0.25) is 9.47 Å². The Balaban J connectivity index is 1.63. The van der Waals surface area contributed by atoms with Gasteiger partial charge in [-0.05, 0) is 43.7 Å². The van der Waals surface area contributed by atoms with Gasteiger partial charge in [0, 0.05) is 12.1 Å². The first kappa shape index (κ1) is 20.9. The topological polar surface area (TPSA) is 110 Å². The molecule has 0 unspecified atom stereocenters. The minimum absolute atomic E-state index is 0.0965. The fourth-order valence-electron chi connectivity index (χ4n) is 2.43. The molecule has 1 amide bonds. The zero-order valence-electron chi connectivity index (χ0n) is 15.9. The predicted octanol–water partition coefficient (Wildman–Crippen LogP) is 2.98. The molecule has 0 saturated heterocycles. The Kier molecular flexibility index (Phi) is 6.57. The van der Waals surface area contributed by atoms with Crippen molar-refractivity contribution in [2.45, 2.75) is 24.7 Å². The van der Waals surface area contributed by atoms with Crippen LogP contribution in [0.15, 0.2) is 52.9 Å². The number of aromatic nitrogens is 2. The van der Waals surface area contributed by atoms with E-state index < -0.39 is 10.0 Å². The third-order valence-corrected chi connectivity index (χ3v) is 6.45. The molecule has 0 radical (unpaired) electrons. The zero-order chi connectivity index (χ0) is 20.9. The first-order chi connectivity index (χ1) is 13.9. The SMILES string of the molecule is CCOc1ccc(CNS(=O)(=O)c2nnc(NC(=O)c3cccc(C)c3)s2)cc1. The van der Waals surface area contributed by atoms with E-state index in [9.17, 15) is 13.2 Å². The molecule has 152 valence electrons. The summed E-state index contributed by atoms with van der Waals surface area (Å²) in [5.41, 5.74) is 2.17. The number of amides is 1. The van der Waals surface area contributed by atoms with Crippen molar-refractivity contribution in [3.8, 4) is 5.75 Å². The van der Waals surface area contributed by atoms with Crippen molar-refractivity contribution < 1.29 is 17.9 Å². The molecule has 0 saturated carbocycles. The quantitative estimate of drug-likeness (QED) is 0.530. The second-order valence-electron chi connectivity index (χ2n) is 6.10. The van der Waals surface area contributed by atoms with Gasteiger partial charge in [-0.2, -0.15) is 0 Å². The Morgan fingerprint density at radius 1 is 1.14 bits per heavy atom. The molecule has 0 aliphatic rings. The normalized spacial score (nSPS) is 11.2. The molecule has 0 fully saturated rings. The molecule has 0 aliphatic carbocycles. The molecule has 0 spiro atoms. The van der Waals surface area contributed by atoms with Gasteiger partial charge in [-0.3, -0.25) is 10.1 Å². The summed E-state index contributed by atoms with van der Waals surface area (Å²) in [6.07, 6.45) is 0. The lowest BCUT2D eigenvalue weighted by molar-refractivity contribution is 0.102. The Morgan fingerprint density at radius 2 is 1.90 bits per heavy atom. The molecular weight excluding hydrogens is 412 g/mol. The lowest BCUT2D eigenvalue weighted by atomic mass is 10.1. The molecule has 2 N–H and O–H groups in total. The molecule has 29 heavy (non-hydrogen) atoms. The van der Waals surface area contributed by atoms with Crippen LogP contribution in [0.5, 0.6) is 5.75 Å². The highest BCUT2D eigenvalue weighted by Crippen LogP contribution is 2.21. The predicted molar refractivity (Wildman–Crippen MR) is 111 cm³/mol. The Bertz CT molecular complexity index is 1100. The van der Waals surface area contributed by atoms with Crippen LogP contribution in [0.4, 0.5) is 5.13 Å². The van der Waals surface area contributed by atoms with E-state index in [1.54, 1.807) is 42.5 Å². The molecule has 3 rings (SSSR count). The summed E-state index contributed by atoms with van der Waals surface area (Å²) in [5, 5.41) is 10.1. The maximum absolute atomic E-state index is 12.4. The van der Waals surface area contributed by atoms with E-state index in [-0.39, 0.29) is 21.9 Å². The zero-order valence-corrected chi connectivity index (χ0v) is 17.5. The Labute approximate surface area is 173 Å². The van der Waals surface area contributed by atoms with Crippen LogP contribution in [0.1, 0.15) is 28.4 Å². The molecular formula is C19H20N4O4S2. The molecule has 8 nitrogen and oxygen atoms in total. The van der Waals surface area contributed by atoms with Gasteiger partial charge in [-0.15, -0.1) is 10.2 Å². The van der Waals surface area contributed by atoms with Gasteiger partial charge >= 0.3 is 0 Å². The summed E-state index contributed by atoms with van der Waals surface area (Å²) in [7, 11) is -3.85. The van der Waals surface area contributed by atoms with Crippen molar-refractivity contribution in [3.05, 3.63) is 65.2 Å². The van der Waals surface area contributed by atoms with E-state index >= 15 is 0 Å². The number of rotatable bonds is 8. The summed E-state index contributed by atoms with van der Waals surface area (Å²) in [5.74, 6) is 0.341. The van der Waals surface area contributed by atoms with Gasteiger partial charge in [0.1, 0.15) is 5.75 Å². The number of carbonyl (C=O) groups excluding carboxylic acids is 1. The summed E-state index contributed by atoms with van der Waals surface area (Å²) < 4.78 is 32.5. The van der Waals surface area contributed by atoms with Crippen LogP contribution in [0, 0.1) is 6.92 Å². The number of hydrogen-bond donors (Lipinski definition) is 2. The number of anilines is 1.